The minimum absolute atomic E-state index is 0. The van der Waals surface area contributed by atoms with E-state index in [1.807, 2.05) is 0 Å². The molecule has 136 valence electrons. The lowest BCUT2D eigenvalue weighted by molar-refractivity contribution is -0.384. The second-order valence-electron chi connectivity index (χ2n) is 5.26. The van der Waals surface area contributed by atoms with Gasteiger partial charge in [0.1, 0.15) is 4.90 Å². The normalized spacial score (nSPS) is 22.0. The van der Waals surface area contributed by atoms with E-state index >= 15 is 0 Å². The van der Waals surface area contributed by atoms with Gasteiger partial charge in [-0.05, 0) is 18.9 Å². The van der Waals surface area contributed by atoms with Gasteiger partial charge in [-0.1, -0.05) is 11.6 Å². The molecule has 0 aromatic heterocycles. The number of hydrogen-bond acceptors (Lipinski definition) is 6. The zero-order valence-corrected chi connectivity index (χ0v) is 15.3. The molecule has 11 heteroatoms. The van der Waals surface area contributed by atoms with E-state index in [2.05, 4.69) is 0 Å². The van der Waals surface area contributed by atoms with Crippen LogP contribution in [0.25, 0.3) is 0 Å². The van der Waals surface area contributed by atoms with Gasteiger partial charge in [-0.2, -0.15) is 4.31 Å². The largest absolute Gasteiger partial charge is 0.381 e. The predicted octanol–water partition coefficient (Wildman–Crippen LogP) is 1.80. The number of nitrogens with two attached hydrogens (primary N) is 1. The number of nitro groups is 1. The van der Waals surface area contributed by atoms with E-state index in [4.69, 9.17) is 22.1 Å². The molecule has 1 heterocycles. The molecule has 1 aromatic rings. The summed E-state index contributed by atoms with van der Waals surface area (Å²) in [5, 5.41) is 10.6. The minimum Gasteiger partial charge on any atom is -0.381 e. The average Bonchev–Trinajstić information content (AvgIpc) is 2.53. The predicted molar refractivity (Wildman–Crippen MR) is 92.1 cm³/mol. The van der Waals surface area contributed by atoms with Crippen LogP contribution in [0, 0.1) is 10.1 Å². The number of non-ortho nitro benzene ring substituents is 1. The molecular formula is C13H19Cl2N3O5S. The molecule has 1 saturated heterocycles. The van der Waals surface area contributed by atoms with E-state index in [-0.39, 0.29) is 47.2 Å². The lowest BCUT2D eigenvalue weighted by Gasteiger charge is -2.37. The van der Waals surface area contributed by atoms with Crippen molar-refractivity contribution in [3.05, 3.63) is 33.3 Å². The molecule has 1 aliphatic rings. The minimum atomic E-state index is -3.88. The highest BCUT2D eigenvalue weighted by atomic mass is 35.5. The second-order valence-corrected chi connectivity index (χ2v) is 7.53. The van der Waals surface area contributed by atoms with Crippen molar-refractivity contribution in [1.82, 2.24) is 4.31 Å². The summed E-state index contributed by atoms with van der Waals surface area (Å²) in [6.07, 6.45) is 1.01. The zero-order chi connectivity index (χ0) is 17.2. The number of nitro benzene ring substituents is 1. The van der Waals surface area contributed by atoms with Gasteiger partial charge in [0.15, 0.2) is 0 Å². The Morgan fingerprint density at radius 2 is 2.17 bits per heavy atom. The molecule has 0 aliphatic carbocycles. The van der Waals surface area contributed by atoms with Crippen LogP contribution in [0.2, 0.25) is 5.02 Å². The third kappa shape index (κ3) is 4.16. The van der Waals surface area contributed by atoms with E-state index in [1.54, 1.807) is 7.11 Å². The lowest BCUT2D eigenvalue weighted by Crippen LogP contribution is -2.51. The molecule has 24 heavy (non-hydrogen) atoms. The number of ether oxygens (including phenoxy) is 1. The first kappa shape index (κ1) is 21.1. The molecule has 0 saturated carbocycles. The maximum atomic E-state index is 12.8. The third-order valence-corrected chi connectivity index (χ3v) is 6.37. The van der Waals surface area contributed by atoms with Crippen molar-refractivity contribution < 1.29 is 18.1 Å². The molecule has 0 radical (unpaired) electrons. The highest BCUT2D eigenvalue weighted by Gasteiger charge is 2.37. The summed E-state index contributed by atoms with van der Waals surface area (Å²) in [4.78, 5) is 9.96. The average molecular weight is 400 g/mol. The number of halogens is 2. The molecule has 1 aromatic carbocycles. The summed E-state index contributed by atoms with van der Waals surface area (Å²) in [5.74, 6) is 0. The number of benzene rings is 1. The first-order chi connectivity index (χ1) is 10.8. The van der Waals surface area contributed by atoms with Crippen LogP contribution in [0.5, 0.6) is 0 Å². The van der Waals surface area contributed by atoms with Gasteiger partial charge < -0.3 is 10.5 Å². The molecule has 1 aliphatic heterocycles. The fraction of sp³-hybridized carbons (Fsp3) is 0.538. The van der Waals surface area contributed by atoms with Gasteiger partial charge in [0.05, 0.1) is 16.0 Å². The molecule has 2 unspecified atom stereocenters. The van der Waals surface area contributed by atoms with E-state index in [0.29, 0.717) is 12.8 Å². The molecule has 2 N–H and O–H groups in total. The number of piperidine rings is 1. The Hall–Kier alpha value is -0.970. The van der Waals surface area contributed by atoms with Crippen molar-refractivity contribution in [3.63, 3.8) is 0 Å². The summed E-state index contributed by atoms with van der Waals surface area (Å²) in [7, 11) is -2.31. The summed E-state index contributed by atoms with van der Waals surface area (Å²) in [6.45, 7) is 0.416. The fourth-order valence-electron chi connectivity index (χ4n) is 2.68. The van der Waals surface area contributed by atoms with Crippen LogP contribution in [0.4, 0.5) is 5.69 Å². The smallest absolute Gasteiger partial charge is 0.271 e. The molecular weight excluding hydrogens is 381 g/mol. The SMILES string of the molecule is COC1CCN(S(=O)(=O)c2ccc([N+](=O)[O-])cc2Cl)C(CN)C1.Cl. The van der Waals surface area contributed by atoms with Crippen molar-refractivity contribution in [2.24, 2.45) is 5.73 Å². The Kier molecular flexibility index (Phi) is 7.39. The molecule has 8 nitrogen and oxygen atoms in total. The van der Waals surface area contributed by atoms with Gasteiger partial charge >= 0.3 is 0 Å². The van der Waals surface area contributed by atoms with Crippen LogP contribution in [-0.4, -0.2) is 50.0 Å². The Morgan fingerprint density at radius 1 is 1.50 bits per heavy atom. The van der Waals surface area contributed by atoms with E-state index in [9.17, 15) is 18.5 Å². The number of sulfonamides is 1. The van der Waals surface area contributed by atoms with Crippen molar-refractivity contribution in [1.29, 1.82) is 0 Å². The Morgan fingerprint density at radius 3 is 2.67 bits per heavy atom. The Bertz CT molecular complexity index is 701. The van der Waals surface area contributed by atoms with Gasteiger partial charge in [-0.25, -0.2) is 8.42 Å². The molecule has 0 bridgehead atoms. The number of nitrogens with zero attached hydrogens (tertiary/aromatic N) is 2. The summed E-state index contributed by atoms with van der Waals surface area (Å²) in [5.41, 5.74) is 5.44. The maximum absolute atomic E-state index is 12.8. The standard InChI is InChI=1S/C13H18ClN3O5S.ClH/c1-22-11-4-5-16(10(6-11)8-15)23(20,21)13-3-2-9(17(18)19)7-12(13)14;/h2-3,7,10-11H,4-6,8,15H2,1H3;1H. The van der Waals surface area contributed by atoms with Gasteiger partial charge in [-0.15, -0.1) is 12.4 Å². The quantitative estimate of drug-likeness (QED) is 0.595. The third-order valence-electron chi connectivity index (χ3n) is 3.93. The number of rotatable bonds is 5. The first-order valence-corrected chi connectivity index (χ1v) is 8.81. The van der Waals surface area contributed by atoms with Gasteiger partial charge in [-0.3, -0.25) is 10.1 Å². The molecule has 2 atom stereocenters. The van der Waals surface area contributed by atoms with Crippen LogP contribution in [-0.2, 0) is 14.8 Å². The molecule has 0 amide bonds. The highest BCUT2D eigenvalue weighted by Crippen LogP contribution is 2.32. The first-order valence-electron chi connectivity index (χ1n) is 7.00. The van der Waals surface area contributed by atoms with Crippen LogP contribution < -0.4 is 5.73 Å². The molecule has 1 fully saturated rings. The number of methoxy groups -OCH3 is 1. The van der Waals surface area contributed by atoms with Gasteiger partial charge in [0, 0.05) is 38.4 Å². The van der Waals surface area contributed by atoms with Crippen molar-refractivity contribution in [2.75, 3.05) is 20.2 Å². The maximum Gasteiger partial charge on any atom is 0.271 e. The summed E-state index contributed by atoms with van der Waals surface area (Å²) in [6, 6.07) is 2.92. The van der Waals surface area contributed by atoms with Crippen LogP contribution >= 0.6 is 24.0 Å². The Balaban J connectivity index is 0.00000288. The monoisotopic (exact) mass is 399 g/mol. The van der Waals surface area contributed by atoms with Gasteiger partial charge in [0.25, 0.3) is 5.69 Å². The highest BCUT2D eigenvalue weighted by molar-refractivity contribution is 7.89. The van der Waals surface area contributed by atoms with Crippen molar-refractivity contribution in [2.45, 2.75) is 29.9 Å². The second kappa shape index (κ2) is 8.41. The summed E-state index contributed by atoms with van der Waals surface area (Å²) < 4.78 is 32.2. The van der Waals surface area contributed by atoms with E-state index in [1.165, 1.54) is 4.31 Å². The molecule has 0 spiro atoms. The van der Waals surface area contributed by atoms with Gasteiger partial charge in [0.2, 0.25) is 10.0 Å². The van der Waals surface area contributed by atoms with Crippen LogP contribution in [0.1, 0.15) is 12.8 Å². The van der Waals surface area contributed by atoms with E-state index in [0.717, 1.165) is 18.2 Å². The van der Waals surface area contributed by atoms with E-state index < -0.39 is 21.0 Å². The summed E-state index contributed by atoms with van der Waals surface area (Å²) >= 11 is 5.96. The number of hydrogen-bond donors (Lipinski definition) is 1. The zero-order valence-electron chi connectivity index (χ0n) is 12.9. The topological polar surface area (TPSA) is 116 Å². The van der Waals surface area contributed by atoms with Crippen molar-refractivity contribution in [3.8, 4) is 0 Å². The van der Waals surface area contributed by atoms with Crippen LogP contribution in [0.3, 0.4) is 0 Å². The fourth-order valence-corrected chi connectivity index (χ4v) is 4.85. The molecule has 2 rings (SSSR count). The van der Waals surface area contributed by atoms with Crippen LogP contribution in [0.15, 0.2) is 23.1 Å². The Labute approximate surface area is 151 Å². The lowest BCUT2D eigenvalue weighted by atomic mass is 10.0. The van der Waals surface area contributed by atoms with Crippen molar-refractivity contribution >= 4 is 39.7 Å².